The second-order valence-electron chi connectivity index (χ2n) is 9.47. The molecule has 4 rings (SSSR count). The summed E-state index contributed by atoms with van der Waals surface area (Å²) in [6, 6.07) is 10.1. The number of benzene rings is 2. The lowest BCUT2D eigenvalue weighted by Crippen LogP contribution is -2.25. The molecular formula is C27H37FO. The van der Waals surface area contributed by atoms with Crippen molar-refractivity contribution in [3.8, 4) is 5.75 Å². The fourth-order valence-electron chi connectivity index (χ4n) is 6.09. The number of rotatable bonds is 6. The maximum absolute atomic E-state index is 14.6. The molecule has 2 aromatic carbocycles. The fourth-order valence-corrected chi connectivity index (χ4v) is 6.09. The van der Waals surface area contributed by atoms with Crippen LogP contribution in [-0.2, 0) is 0 Å². The Bertz CT molecular complexity index is 798. The van der Waals surface area contributed by atoms with Gasteiger partial charge in [-0.3, -0.25) is 0 Å². The molecule has 0 saturated heterocycles. The van der Waals surface area contributed by atoms with Crippen LogP contribution in [0.2, 0.25) is 0 Å². The molecule has 0 aromatic heterocycles. The summed E-state index contributed by atoms with van der Waals surface area (Å²) in [5, 5.41) is 1.68. The lowest BCUT2D eigenvalue weighted by atomic mass is 9.68. The highest BCUT2D eigenvalue weighted by molar-refractivity contribution is 5.85. The summed E-state index contributed by atoms with van der Waals surface area (Å²) in [6.07, 6.45) is 14.0. The average molecular weight is 397 g/mol. The zero-order valence-corrected chi connectivity index (χ0v) is 18.3. The van der Waals surface area contributed by atoms with E-state index in [1.807, 2.05) is 19.1 Å². The Morgan fingerprint density at radius 1 is 0.862 bits per heavy atom. The maximum atomic E-state index is 14.6. The molecule has 1 nitrogen and oxygen atoms in total. The number of hydrogen-bond donors (Lipinski definition) is 0. The summed E-state index contributed by atoms with van der Waals surface area (Å²) in [6.45, 7) is 4.70. The molecule has 0 heterocycles. The number of ether oxygens (including phenoxy) is 1. The van der Waals surface area contributed by atoms with E-state index >= 15 is 0 Å². The van der Waals surface area contributed by atoms with Crippen LogP contribution in [0.4, 0.5) is 4.39 Å². The van der Waals surface area contributed by atoms with E-state index in [0.717, 1.165) is 23.1 Å². The highest BCUT2D eigenvalue weighted by Crippen LogP contribution is 2.45. The molecule has 0 unspecified atom stereocenters. The quantitative estimate of drug-likeness (QED) is 0.477. The van der Waals surface area contributed by atoms with Crippen molar-refractivity contribution in [2.24, 2.45) is 17.8 Å². The first kappa shape index (κ1) is 20.7. The molecular weight excluding hydrogens is 359 g/mol. The van der Waals surface area contributed by atoms with Crippen molar-refractivity contribution >= 4 is 10.8 Å². The van der Waals surface area contributed by atoms with Crippen LogP contribution in [0.15, 0.2) is 30.3 Å². The van der Waals surface area contributed by atoms with Crippen LogP contribution in [-0.4, -0.2) is 6.61 Å². The van der Waals surface area contributed by atoms with Crippen LogP contribution >= 0.6 is 0 Å². The molecule has 158 valence electrons. The summed E-state index contributed by atoms with van der Waals surface area (Å²) < 4.78 is 20.0. The van der Waals surface area contributed by atoms with Gasteiger partial charge in [-0.05, 0) is 86.1 Å². The second kappa shape index (κ2) is 9.49. The van der Waals surface area contributed by atoms with E-state index in [1.165, 1.54) is 69.8 Å². The standard InChI is InChI=1S/C27H37FO/c1-3-5-19-6-8-20(9-7-19)21-10-12-22(13-11-21)23-14-16-25-24(18-23)15-17-26(27(25)28)29-4-2/h14-22H,3-13H2,1-2H3. The second-order valence-corrected chi connectivity index (χ2v) is 9.47. The van der Waals surface area contributed by atoms with Gasteiger partial charge in [0.25, 0.3) is 0 Å². The molecule has 2 aliphatic rings. The largest absolute Gasteiger partial charge is 0.491 e. The van der Waals surface area contributed by atoms with Gasteiger partial charge >= 0.3 is 0 Å². The van der Waals surface area contributed by atoms with Crippen LogP contribution in [0, 0.1) is 23.6 Å². The summed E-state index contributed by atoms with van der Waals surface area (Å²) in [5.41, 5.74) is 1.39. The van der Waals surface area contributed by atoms with Gasteiger partial charge in [0.1, 0.15) is 0 Å². The van der Waals surface area contributed by atoms with Gasteiger partial charge < -0.3 is 4.74 Å². The zero-order valence-electron chi connectivity index (χ0n) is 18.3. The fraction of sp³-hybridized carbons (Fsp3) is 0.630. The smallest absolute Gasteiger partial charge is 0.172 e. The summed E-state index contributed by atoms with van der Waals surface area (Å²) in [4.78, 5) is 0. The molecule has 2 aliphatic carbocycles. The third-order valence-corrected chi connectivity index (χ3v) is 7.74. The average Bonchev–Trinajstić information content (AvgIpc) is 2.76. The Kier molecular flexibility index (Phi) is 6.77. The first-order chi connectivity index (χ1) is 14.2. The van der Waals surface area contributed by atoms with E-state index in [0.29, 0.717) is 23.7 Å². The van der Waals surface area contributed by atoms with Crippen molar-refractivity contribution < 1.29 is 9.13 Å². The first-order valence-electron chi connectivity index (χ1n) is 12.0. The number of fused-ring (bicyclic) bond motifs is 1. The molecule has 2 heteroatoms. The molecule has 29 heavy (non-hydrogen) atoms. The first-order valence-corrected chi connectivity index (χ1v) is 12.0. The number of hydrogen-bond acceptors (Lipinski definition) is 1. The van der Waals surface area contributed by atoms with Crippen LogP contribution in [0.25, 0.3) is 10.8 Å². The van der Waals surface area contributed by atoms with Crippen molar-refractivity contribution in [1.82, 2.24) is 0 Å². The van der Waals surface area contributed by atoms with Crippen molar-refractivity contribution in [3.63, 3.8) is 0 Å². The van der Waals surface area contributed by atoms with Crippen LogP contribution < -0.4 is 4.74 Å². The van der Waals surface area contributed by atoms with Gasteiger partial charge in [-0.15, -0.1) is 0 Å². The van der Waals surface area contributed by atoms with Gasteiger partial charge in [0, 0.05) is 5.39 Å². The van der Waals surface area contributed by atoms with E-state index in [1.54, 1.807) is 6.07 Å². The van der Waals surface area contributed by atoms with Crippen molar-refractivity contribution in [2.45, 2.75) is 84.0 Å². The zero-order chi connectivity index (χ0) is 20.2. The Hall–Kier alpha value is -1.57. The molecule has 0 aliphatic heterocycles. The van der Waals surface area contributed by atoms with Gasteiger partial charge in [-0.25, -0.2) is 4.39 Å². The normalized spacial score (nSPS) is 27.8. The van der Waals surface area contributed by atoms with Crippen molar-refractivity contribution in [1.29, 1.82) is 0 Å². The third kappa shape index (κ3) is 4.62. The third-order valence-electron chi connectivity index (χ3n) is 7.74. The molecule has 0 atom stereocenters. The molecule has 0 amide bonds. The minimum absolute atomic E-state index is 0.224. The molecule has 2 fully saturated rings. The summed E-state index contributed by atoms with van der Waals surface area (Å²) in [7, 11) is 0. The van der Waals surface area contributed by atoms with Crippen LogP contribution in [0.5, 0.6) is 5.75 Å². The van der Waals surface area contributed by atoms with E-state index in [4.69, 9.17) is 4.74 Å². The Morgan fingerprint density at radius 2 is 1.55 bits per heavy atom. The summed E-state index contributed by atoms with van der Waals surface area (Å²) in [5.74, 6) is 3.71. The topological polar surface area (TPSA) is 9.23 Å². The highest BCUT2D eigenvalue weighted by atomic mass is 19.1. The predicted molar refractivity (Wildman–Crippen MR) is 120 cm³/mol. The van der Waals surface area contributed by atoms with Gasteiger partial charge in [-0.2, -0.15) is 0 Å². The summed E-state index contributed by atoms with van der Waals surface area (Å²) >= 11 is 0. The Balaban J connectivity index is 1.37. The van der Waals surface area contributed by atoms with E-state index in [2.05, 4.69) is 19.1 Å². The van der Waals surface area contributed by atoms with E-state index < -0.39 is 0 Å². The Labute approximate surface area is 176 Å². The molecule has 0 spiro atoms. The molecule has 0 radical (unpaired) electrons. The van der Waals surface area contributed by atoms with Gasteiger partial charge in [0.15, 0.2) is 11.6 Å². The predicted octanol–water partition coefficient (Wildman–Crippen LogP) is 8.26. The molecule has 0 bridgehead atoms. The molecule has 2 aromatic rings. The Morgan fingerprint density at radius 3 is 2.21 bits per heavy atom. The lowest BCUT2D eigenvalue weighted by molar-refractivity contribution is 0.156. The molecule has 0 N–H and O–H groups in total. The SMILES string of the molecule is CCCC1CCC(C2CCC(c3ccc4c(F)c(OCC)ccc4c3)CC2)CC1. The maximum Gasteiger partial charge on any atom is 0.172 e. The van der Waals surface area contributed by atoms with Gasteiger partial charge in [0.05, 0.1) is 6.61 Å². The monoisotopic (exact) mass is 396 g/mol. The van der Waals surface area contributed by atoms with Crippen molar-refractivity contribution in [2.75, 3.05) is 6.61 Å². The number of halogens is 1. The van der Waals surface area contributed by atoms with Crippen molar-refractivity contribution in [3.05, 3.63) is 41.7 Å². The van der Waals surface area contributed by atoms with E-state index in [9.17, 15) is 4.39 Å². The lowest BCUT2D eigenvalue weighted by Gasteiger charge is -2.38. The van der Waals surface area contributed by atoms with Gasteiger partial charge in [-0.1, -0.05) is 56.9 Å². The minimum Gasteiger partial charge on any atom is -0.491 e. The minimum atomic E-state index is -0.224. The van der Waals surface area contributed by atoms with Crippen LogP contribution in [0.1, 0.15) is 89.5 Å². The van der Waals surface area contributed by atoms with E-state index in [-0.39, 0.29) is 5.82 Å². The van der Waals surface area contributed by atoms with Crippen LogP contribution in [0.3, 0.4) is 0 Å². The highest BCUT2D eigenvalue weighted by Gasteiger charge is 2.31. The molecule has 2 saturated carbocycles. The van der Waals surface area contributed by atoms with Gasteiger partial charge in [0.2, 0.25) is 0 Å².